The van der Waals surface area contributed by atoms with Crippen LogP contribution in [0.25, 0.3) is 0 Å². The molecular weight excluding hydrogens is 166 g/mol. The van der Waals surface area contributed by atoms with E-state index in [9.17, 15) is 0 Å². The summed E-state index contributed by atoms with van der Waals surface area (Å²) in [6.45, 7) is 5.55. The van der Waals surface area contributed by atoms with E-state index in [0.29, 0.717) is 6.04 Å². The third kappa shape index (κ3) is 2.61. The van der Waals surface area contributed by atoms with Gasteiger partial charge in [-0.25, -0.2) is 0 Å². The molecule has 1 aromatic heterocycles. The molecule has 1 nitrogen and oxygen atoms in total. The van der Waals surface area contributed by atoms with Crippen LogP contribution in [-0.2, 0) is 0 Å². The van der Waals surface area contributed by atoms with Gasteiger partial charge in [0, 0.05) is 10.9 Å². The summed E-state index contributed by atoms with van der Waals surface area (Å²) in [4.78, 5) is 1.46. The highest BCUT2D eigenvalue weighted by Gasteiger charge is 2.07. The van der Waals surface area contributed by atoms with E-state index in [2.05, 4.69) is 36.7 Å². The summed E-state index contributed by atoms with van der Waals surface area (Å²) < 4.78 is 0. The Balaban J connectivity index is 2.45. The van der Waals surface area contributed by atoms with Crippen molar-refractivity contribution in [3.05, 3.63) is 22.4 Å². The topological polar surface area (TPSA) is 12.0 Å². The van der Waals surface area contributed by atoms with Crippen LogP contribution < -0.4 is 5.32 Å². The molecule has 0 aliphatic heterocycles. The second kappa shape index (κ2) is 5.33. The number of thiophene rings is 1. The van der Waals surface area contributed by atoms with E-state index in [1.54, 1.807) is 0 Å². The lowest BCUT2D eigenvalue weighted by Gasteiger charge is -2.14. The van der Waals surface area contributed by atoms with Crippen LogP contribution in [0.1, 0.15) is 37.6 Å². The van der Waals surface area contributed by atoms with E-state index in [-0.39, 0.29) is 0 Å². The second-order valence-electron chi connectivity index (χ2n) is 2.93. The van der Waals surface area contributed by atoms with Crippen LogP contribution in [0.3, 0.4) is 0 Å². The molecule has 12 heavy (non-hydrogen) atoms. The van der Waals surface area contributed by atoms with Crippen molar-refractivity contribution in [2.45, 2.75) is 32.7 Å². The van der Waals surface area contributed by atoms with Crippen molar-refractivity contribution in [3.63, 3.8) is 0 Å². The van der Waals surface area contributed by atoms with Crippen LogP contribution >= 0.6 is 11.3 Å². The standard InChI is InChI=1S/C10H17NS/c1-3-7-11-9(4-2)10-6-5-8-12-10/h5-6,8-9,11H,3-4,7H2,1-2H3. The highest BCUT2D eigenvalue weighted by atomic mass is 32.1. The molecule has 0 bridgehead atoms. The van der Waals surface area contributed by atoms with E-state index in [0.717, 1.165) is 6.54 Å². The summed E-state index contributed by atoms with van der Waals surface area (Å²) in [6.07, 6.45) is 2.39. The summed E-state index contributed by atoms with van der Waals surface area (Å²) >= 11 is 1.84. The van der Waals surface area contributed by atoms with Gasteiger partial charge in [0.1, 0.15) is 0 Å². The molecule has 0 amide bonds. The van der Waals surface area contributed by atoms with E-state index < -0.39 is 0 Å². The molecule has 1 rings (SSSR count). The average Bonchev–Trinajstić information content (AvgIpc) is 2.59. The zero-order chi connectivity index (χ0) is 8.81. The van der Waals surface area contributed by atoms with E-state index >= 15 is 0 Å². The lowest BCUT2D eigenvalue weighted by atomic mass is 10.2. The molecule has 0 saturated carbocycles. The van der Waals surface area contributed by atoms with Gasteiger partial charge in [-0.15, -0.1) is 11.3 Å². The molecule has 1 N–H and O–H groups in total. The molecule has 0 aromatic carbocycles. The molecule has 68 valence electrons. The maximum atomic E-state index is 3.53. The van der Waals surface area contributed by atoms with E-state index in [1.807, 2.05) is 11.3 Å². The van der Waals surface area contributed by atoms with Crippen molar-refractivity contribution in [2.24, 2.45) is 0 Å². The van der Waals surface area contributed by atoms with E-state index in [4.69, 9.17) is 0 Å². The summed E-state index contributed by atoms with van der Waals surface area (Å²) in [7, 11) is 0. The Labute approximate surface area is 78.8 Å². The van der Waals surface area contributed by atoms with Gasteiger partial charge in [0.25, 0.3) is 0 Å². The van der Waals surface area contributed by atoms with Crippen LogP contribution in [0.5, 0.6) is 0 Å². The fourth-order valence-electron chi connectivity index (χ4n) is 1.25. The first-order chi connectivity index (χ1) is 5.88. The van der Waals surface area contributed by atoms with E-state index in [1.165, 1.54) is 17.7 Å². The van der Waals surface area contributed by atoms with Crippen molar-refractivity contribution in [2.75, 3.05) is 6.54 Å². The largest absolute Gasteiger partial charge is 0.309 e. The minimum absolute atomic E-state index is 0.574. The third-order valence-corrected chi connectivity index (χ3v) is 2.92. The Hall–Kier alpha value is -0.340. The number of hydrogen-bond acceptors (Lipinski definition) is 2. The van der Waals surface area contributed by atoms with Gasteiger partial charge in [-0.2, -0.15) is 0 Å². The Kier molecular flexibility index (Phi) is 4.33. The van der Waals surface area contributed by atoms with Crippen molar-refractivity contribution < 1.29 is 0 Å². The molecule has 0 saturated heterocycles. The van der Waals surface area contributed by atoms with Crippen LogP contribution in [0.4, 0.5) is 0 Å². The lowest BCUT2D eigenvalue weighted by molar-refractivity contribution is 0.525. The zero-order valence-electron chi connectivity index (χ0n) is 7.84. The van der Waals surface area contributed by atoms with Crippen molar-refractivity contribution >= 4 is 11.3 Å². The third-order valence-electron chi connectivity index (χ3n) is 1.94. The molecule has 2 heteroatoms. The lowest BCUT2D eigenvalue weighted by Crippen LogP contribution is -2.20. The first kappa shape index (κ1) is 9.75. The molecule has 0 radical (unpaired) electrons. The smallest absolute Gasteiger partial charge is 0.0412 e. The fraction of sp³-hybridized carbons (Fsp3) is 0.600. The Morgan fingerprint density at radius 2 is 2.33 bits per heavy atom. The summed E-state index contributed by atoms with van der Waals surface area (Å²) in [5, 5.41) is 5.68. The first-order valence-electron chi connectivity index (χ1n) is 4.65. The highest BCUT2D eigenvalue weighted by molar-refractivity contribution is 7.10. The molecule has 0 spiro atoms. The van der Waals surface area contributed by atoms with Gasteiger partial charge >= 0.3 is 0 Å². The van der Waals surface area contributed by atoms with Crippen LogP contribution in [0.15, 0.2) is 17.5 Å². The van der Waals surface area contributed by atoms with Crippen molar-refractivity contribution in [1.29, 1.82) is 0 Å². The Morgan fingerprint density at radius 3 is 2.83 bits per heavy atom. The SMILES string of the molecule is CCCNC(CC)c1cccs1. The van der Waals surface area contributed by atoms with Crippen LogP contribution in [0.2, 0.25) is 0 Å². The number of nitrogens with one attached hydrogen (secondary N) is 1. The molecule has 0 aliphatic carbocycles. The molecule has 1 aromatic rings. The number of hydrogen-bond donors (Lipinski definition) is 1. The van der Waals surface area contributed by atoms with Gasteiger partial charge in [0.05, 0.1) is 0 Å². The highest BCUT2D eigenvalue weighted by Crippen LogP contribution is 2.21. The minimum Gasteiger partial charge on any atom is -0.309 e. The average molecular weight is 183 g/mol. The fourth-order valence-corrected chi connectivity index (χ4v) is 2.14. The first-order valence-corrected chi connectivity index (χ1v) is 5.53. The second-order valence-corrected chi connectivity index (χ2v) is 3.91. The molecule has 1 heterocycles. The molecule has 1 atom stereocenters. The monoisotopic (exact) mass is 183 g/mol. The van der Waals surface area contributed by atoms with Gasteiger partial charge in [-0.1, -0.05) is 19.9 Å². The van der Waals surface area contributed by atoms with Gasteiger partial charge < -0.3 is 5.32 Å². The minimum atomic E-state index is 0.574. The van der Waals surface area contributed by atoms with Gasteiger partial charge in [0.15, 0.2) is 0 Å². The quantitative estimate of drug-likeness (QED) is 0.739. The van der Waals surface area contributed by atoms with Gasteiger partial charge in [0.2, 0.25) is 0 Å². The van der Waals surface area contributed by atoms with Gasteiger partial charge in [-0.05, 0) is 30.8 Å². The normalized spacial score (nSPS) is 13.2. The molecular formula is C10H17NS. The molecule has 1 unspecified atom stereocenters. The van der Waals surface area contributed by atoms with Crippen molar-refractivity contribution in [1.82, 2.24) is 5.32 Å². The maximum absolute atomic E-state index is 3.53. The van der Waals surface area contributed by atoms with Gasteiger partial charge in [-0.3, -0.25) is 0 Å². The predicted molar refractivity (Wildman–Crippen MR) is 55.6 cm³/mol. The summed E-state index contributed by atoms with van der Waals surface area (Å²) in [5.41, 5.74) is 0. The van der Waals surface area contributed by atoms with Crippen LogP contribution in [0, 0.1) is 0 Å². The Bertz CT molecular complexity index is 194. The summed E-state index contributed by atoms with van der Waals surface area (Å²) in [5.74, 6) is 0. The zero-order valence-corrected chi connectivity index (χ0v) is 8.66. The van der Waals surface area contributed by atoms with Crippen LogP contribution in [-0.4, -0.2) is 6.54 Å². The number of rotatable bonds is 5. The molecule has 0 aliphatic rings. The molecule has 0 fully saturated rings. The predicted octanol–water partition coefficient (Wildman–Crippen LogP) is 3.20. The van der Waals surface area contributed by atoms with Crippen molar-refractivity contribution in [3.8, 4) is 0 Å². The summed E-state index contributed by atoms with van der Waals surface area (Å²) in [6, 6.07) is 4.91. The Morgan fingerprint density at radius 1 is 1.50 bits per heavy atom. The maximum Gasteiger partial charge on any atom is 0.0412 e.